The zero-order valence-corrected chi connectivity index (χ0v) is 12.7. The van der Waals surface area contributed by atoms with Crippen molar-refractivity contribution >= 4 is 10.0 Å². The minimum atomic E-state index is -3.55. The van der Waals surface area contributed by atoms with E-state index >= 15 is 0 Å². The second kappa shape index (κ2) is 6.20. The predicted molar refractivity (Wildman–Crippen MR) is 76.5 cm³/mol. The lowest BCUT2D eigenvalue weighted by Gasteiger charge is -2.27. The molecule has 0 bridgehead atoms. The van der Waals surface area contributed by atoms with E-state index in [4.69, 9.17) is 0 Å². The van der Waals surface area contributed by atoms with Gasteiger partial charge >= 0.3 is 0 Å². The first-order valence-corrected chi connectivity index (χ1v) is 8.28. The van der Waals surface area contributed by atoms with E-state index in [0.29, 0.717) is 18.0 Å². The number of halogens is 1. The Morgan fingerprint density at radius 2 is 2.20 bits per heavy atom. The van der Waals surface area contributed by atoms with Crippen molar-refractivity contribution in [3.8, 4) is 0 Å². The van der Waals surface area contributed by atoms with Gasteiger partial charge in [-0.1, -0.05) is 0 Å². The molecule has 1 heterocycles. The molecular weight excluding hydrogens is 279 g/mol. The van der Waals surface area contributed by atoms with E-state index in [2.05, 4.69) is 5.32 Å². The second-order valence-corrected chi connectivity index (χ2v) is 7.42. The third-order valence-electron chi connectivity index (χ3n) is 3.74. The second-order valence-electron chi connectivity index (χ2n) is 5.41. The number of rotatable bonds is 4. The predicted octanol–water partition coefficient (Wildman–Crippen LogP) is 1.75. The zero-order valence-electron chi connectivity index (χ0n) is 11.9. The van der Waals surface area contributed by atoms with Crippen molar-refractivity contribution in [2.45, 2.75) is 24.7 Å². The van der Waals surface area contributed by atoms with Crippen LogP contribution in [0.5, 0.6) is 0 Å². The Hall–Kier alpha value is -0.980. The van der Waals surface area contributed by atoms with Gasteiger partial charge in [0.05, 0.1) is 4.90 Å². The van der Waals surface area contributed by atoms with E-state index in [9.17, 15) is 12.8 Å². The molecule has 1 unspecified atom stereocenters. The van der Waals surface area contributed by atoms with E-state index in [1.165, 1.54) is 22.5 Å². The smallest absolute Gasteiger partial charge is 0.243 e. The summed E-state index contributed by atoms with van der Waals surface area (Å²) in [6, 6.07) is 3.79. The molecule has 20 heavy (non-hydrogen) atoms. The highest BCUT2D eigenvalue weighted by molar-refractivity contribution is 7.89. The van der Waals surface area contributed by atoms with E-state index in [1.54, 1.807) is 14.0 Å². The molecule has 2 rings (SSSR count). The summed E-state index contributed by atoms with van der Waals surface area (Å²) in [4.78, 5) is 0.185. The van der Waals surface area contributed by atoms with Crippen molar-refractivity contribution < 1.29 is 12.8 Å². The first kappa shape index (κ1) is 15.4. The molecule has 1 aliphatic rings. The molecule has 1 aliphatic heterocycles. The summed E-state index contributed by atoms with van der Waals surface area (Å²) in [5.74, 6) is -0.0788. The fourth-order valence-electron chi connectivity index (χ4n) is 2.61. The molecule has 0 saturated carbocycles. The van der Waals surface area contributed by atoms with Gasteiger partial charge in [-0.05, 0) is 62.5 Å². The molecule has 1 atom stereocenters. The molecule has 4 nitrogen and oxygen atoms in total. The van der Waals surface area contributed by atoms with Crippen LogP contribution in [0.3, 0.4) is 0 Å². The summed E-state index contributed by atoms with van der Waals surface area (Å²) in [6.07, 6.45) is 2.11. The lowest BCUT2D eigenvalue weighted by Crippen LogP contribution is -2.39. The summed E-state index contributed by atoms with van der Waals surface area (Å²) in [7, 11) is -1.96. The summed E-state index contributed by atoms with van der Waals surface area (Å²) < 4.78 is 39.5. The zero-order chi connectivity index (χ0) is 14.8. The van der Waals surface area contributed by atoms with E-state index in [0.717, 1.165) is 25.9 Å². The highest BCUT2D eigenvalue weighted by Gasteiger charge is 2.26. The Balaban J connectivity index is 2.16. The lowest BCUT2D eigenvalue weighted by molar-refractivity contribution is 0.314. The molecule has 0 radical (unpaired) electrons. The summed E-state index contributed by atoms with van der Waals surface area (Å²) in [5.41, 5.74) is 0.443. The van der Waals surface area contributed by atoms with Gasteiger partial charge in [-0.25, -0.2) is 17.1 Å². The largest absolute Gasteiger partial charge is 0.316 e. The fraction of sp³-hybridized carbons (Fsp3) is 0.571. The Bertz CT molecular complexity index is 569. The maximum Gasteiger partial charge on any atom is 0.243 e. The average molecular weight is 300 g/mol. The van der Waals surface area contributed by atoms with Crippen molar-refractivity contribution in [3.05, 3.63) is 29.6 Å². The van der Waals surface area contributed by atoms with Crippen LogP contribution in [0.15, 0.2) is 23.1 Å². The number of hydrogen-bond acceptors (Lipinski definition) is 3. The molecule has 1 fully saturated rings. The number of aryl methyl sites for hydroxylation is 1. The minimum absolute atomic E-state index is 0.185. The highest BCUT2D eigenvalue weighted by atomic mass is 32.2. The average Bonchev–Trinajstić information content (AvgIpc) is 2.39. The Kier molecular flexibility index (Phi) is 4.78. The maximum absolute atomic E-state index is 13.1. The SMILES string of the molecule is Cc1cc(F)ccc1S(=O)(=O)N(C)CC1CCCNC1. The molecule has 0 spiro atoms. The van der Waals surface area contributed by atoms with Crippen molar-refractivity contribution in [2.24, 2.45) is 5.92 Å². The lowest BCUT2D eigenvalue weighted by atomic mass is 10.00. The molecule has 1 N–H and O–H groups in total. The standard InChI is InChI=1S/C14H21FN2O2S/c1-11-8-13(15)5-6-14(11)20(18,19)17(2)10-12-4-3-7-16-9-12/h5-6,8,12,16H,3-4,7,9-10H2,1-2H3. The van der Waals surface area contributed by atoms with E-state index in [1.807, 2.05) is 0 Å². The van der Waals surface area contributed by atoms with Crippen LogP contribution in [0, 0.1) is 18.7 Å². The van der Waals surface area contributed by atoms with Gasteiger partial charge in [0.2, 0.25) is 10.0 Å². The molecule has 1 aromatic carbocycles. The fourth-order valence-corrected chi connectivity index (χ4v) is 4.06. The van der Waals surface area contributed by atoms with Gasteiger partial charge in [-0.3, -0.25) is 0 Å². The Labute approximate surface area is 120 Å². The monoisotopic (exact) mass is 300 g/mol. The molecular formula is C14H21FN2O2S. The summed E-state index contributed by atoms with van der Waals surface area (Å²) in [5, 5.41) is 3.28. The van der Waals surface area contributed by atoms with Crippen LogP contribution in [0.25, 0.3) is 0 Å². The van der Waals surface area contributed by atoms with E-state index in [-0.39, 0.29) is 4.90 Å². The molecule has 0 aliphatic carbocycles. The molecule has 1 saturated heterocycles. The highest BCUT2D eigenvalue weighted by Crippen LogP contribution is 2.21. The number of piperidine rings is 1. The van der Waals surface area contributed by atoms with Crippen molar-refractivity contribution in [1.29, 1.82) is 0 Å². The van der Waals surface area contributed by atoms with E-state index < -0.39 is 15.8 Å². The van der Waals surface area contributed by atoms with Crippen LogP contribution in [0.4, 0.5) is 4.39 Å². The number of nitrogens with zero attached hydrogens (tertiary/aromatic N) is 1. The minimum Gasteiger partial charge on any atom is -0.316 e. The first-order chi connectivity index (χ1) is 9.41. The van der Waals surface area contributed by atoms with Crippen LogP contribution in [-0.2, 0) is 10.0 Å². The normalized spacial score (nSPS) is 20.3. The first-order valence-electron chi connectivity index (χ1n) is 6.84. The Morgan fingerprint density at radius 3 is 2.80 bits per heavy atom. The summed E-state index contributed by atoms with van der Waals surface area (Å²) >= 11 is 0. The van der Waals surface area contributed by atoms with Crippen LogP contribution < -0.4 is 5.32 Å². The number of benzene rings is 1. The maximum atomic E-state index is 13.1. The van der Waals surface area contributed by atoms with Crippen molar-refractivity contribution in [1.82, 2.24) is 9.62 Å². The van der Waals surface area contributed by atoms with Gasteiger partial charge in [0.1, 0.15) is 5.82 Å². The van der Waals surface area contributed by atoms with Crippen molar-refractivity contribution in [2.75, 3.05) is 26.7 Å². The molecule has 112 valence electrons. The molecule has 1 aromatic rings. The van der Waals surface area contributed by atoms with Crippen LogP contribution in [0.2, 0.25) is 0 Å². The van der Waals surface area contributed by atoms with Gasteiger partial charge in [-0.2, -0.15) is 0 Å². The van der Waals surface area contributed by atoms with Gasteiger partial charge in [-0.15, -0.1) is 0 Å². The molecule has 6 heteroatoms. The third kappa shape index (κ3) is 3.37. The molecule has 0 amide bonds. The summed E-state index contributed by atoms with van der Waals surface area (Å²) in [6.45, 7) is 3.96. The van der Waals surface area contributed by atoms with Crippen LogP contribution in [0.1, 0.15) is 18.4 Å². The van der Waals surface area contributed by atoms with Gasteiger partial charge in [0.15, 0.2) is 0 Å². The topological polar surface area (TPSA) is 49.4 Å². The molecule has 0 aromatic heterocycles. The number of hydrogen-bond donors (Lipinski definition) is 1. The third-order valence-corrected chi connectivity index (χ3v) is 5.72. The van der Waals surface area contributed by atoms with Gasteiger partial charge in [0, 0.05) is 13.6 Å². The van der Waals surface area contributed by atoms with Crippen LogP contribution >= 0.6 is 0 Å². The van der Waals surface area contributed by atoms with Crippen LogP contribution in [-0.4, -0.2) is 39.4 Å². The number of nitrogens with one attached hydrogen (secondary N) is 1. The Morgan fingerprint density at radius 1 is 1.45 bits per heavy atom. The number of sulfonamides is 1. The van der Waals surface area contributed by atoms with Gasteiger partial charge in [0.25, 0.3) is 0 Å². The quantitative estimate of drug-likeness (QED) is 0.922. The van der Waals surface area contributed by atoms with Gasteiger partial charge < -0.3 is 5.32 Å². The van der Waals surface area contributed by atoms with Crippen molar-refractivity contribution in [3.63, 3.8) is 0 Å².